The summed E-state index contributed by atoms with van der Waals surface area (Å²) in [5.41, 5.74) is 0.585. The molecule has 1 rings (SSSR count). The summed E-state index contributed by atoms with van der Waals surface area (Å²) in [6.45, 7) is 0.724. The fourth-order valence-corrected chi connectivity index (χ4v) is 0.830. The molecule has 1 aliphatic rings. The number of hydrogen-bond acceptors (Lipinski definition) is 2. The molecule has 1 amide bonds. The summed E-state index contributed by atoms with van der Waals surface area (Å²) in [6.07, 6.45) is 0.738. The molecule has 1 N–H and O–H groups in total. The van der Waals surface area contributed by atoms with Gasteiger partial charge in [0, 0.05) is 13.0 Å². The lowest BCUT2D eigenvalue weighted by Gasteiger charge is -1.84. The predicted molar refractivity (Wildman–Crippen MR) is 30.8 cm³/mol. The van der Waals surface area contributed by atoms with Crippen molar-refractivity contribution in [2.75, 3.05) is 6.54 Å². The fourth-order valence-electron chi connectivity index (χ4n) is 0.617. The van der Waals surface area contributed by atoms with Crippen LogP contribution in [-0.2, 0) is 4.79 Å². The van der Waals surface area contributed by atoms with E-state index in [0.29, 0.717) is 5.71 Å². The lowest BCUT2D eigenvalue weighted by atomic mass is 10.3. The predicted octanol–water partition coefficient (Wildman–Crippen LogP) is -0.969. The molecule has 1 aliphatic heterocycles. The number of carbonyl (C=O) groups excluding carboxylic acids is 1. The molecule has 8 heavy (non-hydrogen) atoms. The van der Waals surface area contributed by atoms with Gasteiger partial charge in [0.2, 0.25) is 10.4 Å². The second kappa shape index (κ2) is 2.08. The summed E-state index contributed by atoms with van der Waals surface area (Å²) >= 11 is 0. The third-order valence-electron chi connectivity index (χ3n) is 1.04. The van der Waals surface area contributed by atoms with Gasteiger partial charge in [-0.15, -0.1) is 0 Å². The molecule has 1 saturated heterocycles. The van der Waals surface area contributed by atoms with Crippen LogP contribution in [0.4, 0.5) is 0 Å². The first-order chi connectivity index (χ1) is 3.84. The van der Waals surface area contributed by atoms with Gasteiger partial charge >= 0.3 is 0 Å². The number of nitrogens with one attached hydrogen (secondary N) is 1. The normalized spacial score (nSPS) is 24.1. The maximum absolute atomic E-state index is 10.5. The summed E-state index contributed by atoms with van der Waals surface area (Å²) < 4.78 is 3.58. The van der Waals surface area contributed by atoms with Gasteiger partial charge in [0.05, 0.1) is 5.71 Å². The van der Waals surface area contributed by atoms with Crippen molar-refractivity contribution in [2.24, 2.45) is 4.66 Å². The average molecular weight is 125 g/mol. The summed E-state index contributed by atoms with van der Waals surface area (Å²) in [5.74, 6) is -0.0556. The van der Waals surface area contributed by atoms with Crippen LogP contribution in [0, 0.1) is 0 Å². The van der Waals surface area contributed by atoms with E-state index >= 15 is 0 Å². The van der Waals surface area contributed by atoms with Crippen molar-refractivity contribution < 1.29 is 4.79 Å². The molecule has 0 aliphatic carbocycles. The van der Waals surface area contributed by atoms with Gasteiger partial charge in [0.25, 0.3) is 5.91 Å². The Kier molecular flexibility index (Phi) is 1.43. The van der Waals surface area contributed by atoms with Gasteiger partial charge < -0.3 is 9.97 Å². The molecule has 1 fully saturated rings. The Hall–Kier alpha value is -0.643. The smallest absolute Gasteiger partial charge is 0.264 e. The Morgan fingerprint density at radius 3 is 2.75 bits per heavy atom. The van der Waals surface area contributed by atoms with Crippen LogP contribution in [0.3, 0.4) is 0 Å². The Labute approximate surface area is 50.7 Å². The van der Waals surface area contributed by atoms with Crippen molar-refractivity contribution in [3.05, 3.63) is 0 Å². The third-order valence-corrected chi connectivity index (χ3v) is 1.31. The van der Waals surface area contributed by atoms with Gasteiger partial charge in [-0.25, -0.2) is 0 Å². The highest BCUT2D eigenvalue weighted by atomic mass is 28.2. The largest absolute Gasteiger partial charge is 0.351 e. The standard InChI is InChI=1S/C4H5N2OSi/c7-4-3(6-8)1-2-5-4/h1-2H2,(H,5,7)/b6-3-. The first kappa shape index (κ1) is 5.49. The molecule has 0 unspecified atom stereocenters. The van der Waals surface area contributed by atoms with Crippen molar-refractivity contribution in [1.82, 2.24) is 5.32 Å². The summed E-state index contributed by atoms with van der Waals surface area (Å²) in [5, 5.41) is 2.62. The van der Waals surface area contributed by atoms with E-state index in [-0.39, 0.29) is 5.91 Å². The monoisotopic (exact) mass is 125 g/mol. The van der Waals surface area contributed by atoms with Crippen molar-refractivity contribution in [3.63, 3.8) is 0 Å². The third kappa shape index (κ3) is 0.788. The SMILES string of the molecule is O=C1NCC/C1=N/[Si]. The van der Waals surface area contributed by atoms with E-state index < -0.39 is 0 Å². The Morgan fingerprint density at radius 1 is 1.75 bits per heavy atom. The highest BCUT2D eigenvalue weighted by molar-refractivity contribution is 6.43. The van der Waals surface area contributed by atoms with Gasteiger partial charge in [-0.05, 0) is 0 Å². The molecule has 0 aromatic carbocycles. The Balaban J connectivity index is 2.69. The van der Waals surface area contributed by atoms with E-state index in [2.05, 4.69) is 20.4 Å². The molecule has 0 aromatic rings. The molecule has 41 valence electrons. The van der Waals surface area contributed by atoms with Gasteiger partial charge in [0.15, 0.2) is 0 Å². The number of rotatable bonds is 0. The van der Waals surface area contributed by atoms with Crippen LogP contribution in [0.15, 0.2) is 4.66 Å². The molecule has 0 bridgehead atoms. The van der Waals surface area contributed by atoms with E-state index in [1.807, 2.05) is 0 Å². The van der Waals surface area contributed by atoms with E-state index in [4.69, 9.17) is 0 Å². The van der Waals surface area contributed by atoms with Crippen molar-refractivity contribution in [1.29, 1.82) is 0 Å². The fraction of sp³-hybridized carbons (Fsp3) is 0.500. The zero-order valence-electron chi connectivity index (χ0n) is 4.27. The van der Waals surface area contributed by atoms with Gasteiger partial charge in [-0.1, -0.05) is 0 Å². The lowest BCUT2D eigenvalue weighted by Crippen LogP contribution is -2.18. The summed E-state index contributed by atoms with van der Waals surface area (Å²) in [4.78, 5) is 10.5. The molecule has 0 spiro atoms. The molecule has 3 radical (unpaired) electrons. The van der Waals surface area contributed by atoms with Crippen molar-refractivity contribution >= 4 is 22.0 Å². The first-order valence-corrected chi connectivity index (χ1v) is 2.81. The van der Waals surface area contributed by atoms with E-state index in [9.17, 15) is 4.79 Å². The van der Waals surface area contributed by atoms with Crippen LogP contribution in [0.1, 0.15) is 6.42 Å². The molecule has 1 heterocycles. The maximum atomic E-state index is 10.5. The molecule has 0 atom stereocenters. The van der Waals surface area contributed by atoms with Gasteiger partial charge in [0.1, 0.15) is 0 Å². The van der Waals surface area contributed by atoms with Crippen molar-refractivity contribution in [2.45, 2.75) is 6.42 Å². The van der Waals surface area contributed by atoms with Gasteiger partial charge in [-0.2, -0.15) is 0 Å². The van der Waals surface area contributed by atoms with E-state index in [1.165, 1.54) is 0 Å². The highest BCUT2D eigenvalue weighted by Crippen LogP contribution is 1.92. The summed E-state index contributed by atoms with van der Waals surface area (Å²) in [6, 6.07) is 0. The van der Waals surface area contributed by atoms with Crippen LogP contribution < -0.4 is 5.32 Å². The molecule has 0 aromatic heterocycles. The Morgan fingerprint density at radius 2 is 2.50 bits per heavy atom. The first-order valence-electron chi connectivity index (χ1n) is 2.36. The zero-order valence-corrected chi connectivity index (χ0v) is 5.27. The molecule has 4 heteroatoms. The number of nitrogens with zero attached hydrogens (tertiary/aromatic N) is 1. The van der Waals surface area contributed by atoms with Crippen LogP contribution in [-0.4, -0.2) is 28.6 Å². The molecular formula is C4H5N2OSi. The van der Waals surface area contributed by atoms with Gasteiger partial charge in [-0.3, -0.25) is 4.79 Å². The Bertz CT molecular complexity index is 143. The number of amides is 1. The zero-order chi connectivity index (χ0) is 5.98. The highest BCUT2D eigenvalue weighted by Gasteiger charge is 2.15. The second-order valence-electron chi connectivity index (χ2n) is 1.56. The quantitative estimate of drug-likeness (QED) is 0.416. The van der Waals surface area contributed by atoms with Crippen molar-refractivity contribution in [3.8, 4) is 0 Å². The minimum Gasteiger partial charge on any atom is -0.351 e. The molecule has 0 saturated carbocycles. The lowest BCUT2D eigenvalue weighted by molar-refractivity contribution is -0.113. The van der Waals surface area contributed by atoms with Crippen LogP contribution >= 0.6 is 0 Å². The summed E-state index contributed by atoms with van der Waals surface area (Å²) in [7, 11) is 2.89. The minimum absolute atomic E-state index is 0.0556. The molecular weight excluding hydrogens is 120 g/mol. The van der Waals surface area contributed by atoms with Crippen LogP contribution in [0.25, 0.3) is 0 Å². The van der Waals surface area contributed by atoms with E-state index in [0.717, 1.165) is 13.0 Å². The maximum Gasteiger partial charge on any atom is 0.264 e. The number of hydrogen-bond donors (Lipinski definition) is 1. The van der Waals surface area contributed by atoms with Crippen LogP contribution in [0.2, 0.25) is 0 Å². The molecule has 3 nitrogen and oxygen atoms in total. The number of carbonyl (C=O) groups is 1. The van der Waals surface area contributed by atoms with E-state index in [1.54, 1.807) is 0 Å². The minimum atomic E-state index is -0.0556. The topological polar surface area (TPSA) is 41.5 Å². The van der Waals surface area contributed by atoms with Crippen LogP contribution in [0.5, 0.6) is 0 Å². The second-order valence-corrected chi connectivity index (χ2v) is 1.79. The average Bonchev–Trinajstić information content (AvgIpc) is 2.14.